The first kappa shape index (κ1) is 15.5. The van der Waals surface area contributed by atoms with Crippen molar-refractivity contribution in [3.63, 3.8) is 0 Å². The number of rotatable bonds is 6. The zero-order valence-electron chi connectivity index (χ0n) is 13.6. The van der Waals surface area contributed by atoms with Crippen molar-refractivity contribution in [3.05, 3.63) is 48.0 Å². The normalized spacial score (nSPS) is 11.0. The highest BCUT2D eigenvalue weighted by Crippen LogP contribution is 2.35. The van der Waals surface area contributed by atoms with Crippen LogP contribution in [-0.4, -0.2) is 12.2 Å². The molecule has 0 aliphatic carbocycles. The van der Waals surface area contributed by atoms with Crippen molar-refractivity contribution in [3.8, 4) is 22.8 Å². The first-order chi connectivity index (χ1) is 11.2. The average Bonchev–Trinajstić information content (AvgIpc) is 2.97. The number of unbranched alkanes of at least 4 members (excludes halogenated alkanes) is 2. The van der Waals surface area contributed by atoms with Crippen LogP contribution in [0.1, 0.15) is 31.7 Å². The van der Waals surface area contributed by atoms with Gasteiger partial charge < -0.3 is 14.3 Å². The van der Waals surface area contributed by atoms with E-state index in [1.807, 2.05) is 12.1 Å². The van der Waals surface area contributed by atoms with Gasteiger partial charge in [0.05, 0.1) is 12.7 Å². The molecular weight excluding hydrogens is 288 g/mol. The van der Waals surface area contributed by atoms with E-state index in [1.165, 1.54) is 24.8 Å². The Balaban J connectivity index is 1.93. The maximum Gasteiger partial charge on any atom is 0.139 e. The molecule has 0 amide bonds. The predicted octanol–water partition coefficient (Wildman–Crippen LogP) is 5.55. The number of hydrogen-bond donors (Lipinski definition) is 1. The summed E-state index contributed by atoms with van der Waals surface area (Å²) in [6, 6.07) is 13.4. The van der Waals surface area contributed by atoms with Crippen LogP contribution in [0.2, 0.25) is 0 Å². The Morgan fingerprint density at radius 3 is 2.70 bits per heavy atom. The van der Waals surface area contributed by atoms with E-state index in [1.54, 1.807) is 19.2 Å². The van der Waals surface area contributed by atoms with Gasteiger partial charge in [0.15, 0.2) is 0 Å². The number of furan rings is 1. The largest absolute Gasteiger partial charge is 0.508 e. The molecule has 23 heavy (non-hydrogen) atoms. The van der Waals surface area contributed by atoms with Crippen LogP contribution in [0.5, 0.6) is 11.5 Å². The Morgan fingerprint density at radius 2 is 1.91 bits per heavy atom. The van der Waals surface area contributed by atoms with E-state index in [4.69, 9.17) is 9.15 Å². The van der Waals surface area contributed by atoms with Gasteiger partial charge in [0.2, 0.25) is 0 Å². The third-order valence-corrected chi connectivity index (χ3v) is 4.10. The molecule has 0 saturated heterocycles. The first-order valence-electron chi connectivity index (χ1n) is 8.11. The SMILES string of the molecule is CCCCCc1ccc(-c2cc3ccc(O)cc3o2)c(OC)c1. The molecule has 3 nitrogen and oxygen atoms in total. The summed E-state index contributed by atoms with van der Waals surface area (Å²) in [5.41, 5.74) is 2.89. The number of methoxy groups -OCH3 is 1. The molecule has 0 aliphatic rings. The lowest BCUT2D eigenvalue weighted by Crippen LogP contribution is -1.91. The van der Waals surface area contributed by atoms with Crippen molar-refractivity contribution in [2.45, 2.75) is 32.6 Å². The van der Waals surface area contributed by atoms with Gasteiger partial charge in [0.1, 0.15) is 22.8 Å². The van der Waals surface area contributed by atoms with Crippen LogP contribution in [0.4, 0.5) is 0 Å². The summed E-state index contributed by atoms with van der Waals surface area (Å²) in [5, 5.41) is 10.5. The van der Waals surface area contributed by atoms with Crippen LogP contribution in [0.15, 0.2) is 46.9 Å². The average molecular weight is 310 g/mol. The van der Waals surface area contributed by atoms with E-state index in [2.05, 4.69) is 25.1 Å². The number of aryl methyl sites for hydroxylation is 1. The molecule has 2 aromatic carbocycles. The molecule has 0 bridgehead atoms. The highest BCUT2D eigenvalue weighted by molar-refractivity contribution is 5.85. The minimum absolute atomic E-state index is 0.205. The summed E-state index contributed by atoms with van der Waals surface area (Å²) in [5.74, 6) is 1.78. The van der Waals surface area contributed by atoms with E-state index in [0.717, 1.165) is 28.9 Å². The molecule has 0 unspecified atom stereocenters. The zero-order chi connectivity index (χ0) is 16.2. The summed E-state index contributed by atoms with van der Waals surface area (Å²) >= 11 is 0. The van der Waals surface area contributed by atoms with E-state index >= 15 is 0 Å². The van der Waals surface area contributed by atoms with Gasteiger partial charge in [-0.3, -0.25) is 0 Å². The van der Waals surface area contributed by atoms with Crippen molar-refractivity contribution < 1.29 is 14.3 Å². The quantitative estimate of drug-likeness (QED) is 0.607. The van der Waals surface area contributed by atoms with Gasteiger partial charge in [-0.05, 0) is 48.7 Å². The van der Waals surface area contributed by atoms with Gasteiger partial charge >= 0.3 is 0 Å². The Labute approximate surface area is 136 Å². The molecule has 1 aromatic heterocycles. The van der Waals surface area contributed by atoms with Crippen molar-refractivity contribution in [1.29, 1.82) is 0 Å². The highest BCUT2D eigenvalue weighted by Gasteiger charge is 2.12. The van der Waals surface area contributed by atoms with Crippen LogP contribution in [0, 0.1) is 0 Å². The fourth-order valence-corrected chi connectivity index (χ4v) is 2.83. The summed E-state index contributed by atoms with van der Waals surface area (Å²) in [7, 11) is 1.68. The number of fused-ring (bicyclic) bond motifs is 1. The second-order valence-electron chi connectivity index (χ2n) is 5.82. The monoisotopic (exact) mass is 310 g/mol. The summed E-state index contributed by atoms with van der Waals surface area (Å²) in [6.07, 6.45) is 4.74. The van der Waals surface area contributed by atoms with E-state index < -0.39 is 0 Å². The van der Waals surface area contributed by atoms with Crippen LogP contribution < -0.4 is 4.74 Å². The molecule has 3 aromatic rings. The third kappa shape index (κ3) is 3.34. The van der Waals surface area contributed by atoms with Gasteiger partial charge in [0.25, 0.3) is 0 Å². The van der Waals surface area contributed by atoms with Crippen LogP contribution in [0.3, 0.4) is 0 Å². The zero-order valence-corrected chi connectivity index (χ0v) is 13.6. The molecule has 0 atom stereocenters. The van der Waals surface area contributed by atoms with E-state index in [9.17, 15) is 5.11 Å². The lowest BCUT2D eigenvalue weighted by Gasteiger charge is -2.09. The van der Waals surface area contributed by atoms with E-state index in [0.29, 0.717) is 5.58 Å². The van der Waals surface area contributed by atoms with Gasteiger partial charge in [-0.15, -0.1) is 0 Å². The van der Waals surface area contributed by atoms with Gasteiger partial charge in [-0.1, -0.05) is 25.8 Å². The molecular formula is C20H22O3. The van der Waals surface area contributed by atoms with Crippen LogP contribution >= 0.6 is 0 Å². The third-order valence-electron chi connectivity index (χ3n) is 4.10. The number of ether oxygens (including phenoxy) is 1. The lowest BCUT2D eigenvalue weighted by molar-refractivity contribution is 0.414. The topological polar surface area (TPSA) is 42.6 Å². The maximum absolute atomic E-state index is 9.57. The van der Waals surface area contributed by atoms with Crippen molar-refractivity contribution in [2.24, 2.45) is 0 Å². The number of aromatic hydroxyl groups is 1. The fraction of sp³-hybridized carbons (Fsp3) is 0.300. The van der Waals surface area contributed by atoms with Gasteiger partial charge in [-0.2, -0.15) is 0 Å². The second-order valence-corrected chi connectivity index (χ2v) is 5.82. The van der Waals surface area contributed by atoms with Crippen LogP contribution in [0.25, 0.3) is 22.3 Å². The molecule has 3 rings (SSSR count). The maximum atomic E-state index is 9.57. The standard InChI is InChI=1S/C20H22O3/c1-3-4-5-6-14-7-10-17(19(11-14)22-2)20-12-15-8-9-16(21)13-18(15)23-20/h7-13,21H,3-6H2,1-2H3. The Hall–Kier alpha value is -2.42. The molecule has 1 heterocycles. The first-order valence-corrected chi connectivity index (χ1v) is 8.11. The molecule has 0 spiro atoms. The Bertz CT molecular complexity index is 802. The van der Waals surface area contributed by atoms with Crippen molar-refractivity contribution in [2.75, 3.05) is 7.11 Å². The van der Waals surface area contributed by atoms with Crippen molar-refractivity contribution >= 4 is 11.0 Å². The Kier molecular flexibility index (Phi) is 4.56. The molecule has 120 valence electrons. The second kappa shape index (κ2) is 6.78. The molecule has 0 fully saturated rings. The number of phenolic OH excluding ortho intramolecular Hbond substituents is 1. The minimum atomic E-state index is 0.205. The van der Waals surface area contributed by atoms with Crippen LogP contribution in [-0.2, 0) is 6.42 Å². The summed E-state index contributed by atoms with van der Waals surface area (Å²) in [6.45, 7) is 2.21. The molecule has 0 radical (unpaired) electrons. The lowest BCUT2D eigenvalue weighted by atomic mass is 10.0. The molecule has 3 heteroatoms. The summed E-state index contributed by atoms with van der Waals surface area (Å²) in [4.78, 5) is 0. The number of benzene rings is 2. The smallest absolute Gasteiger partial charge is 0.139 e. The Morgan fingerprint density at radius 1 is 1.04 bits per heavy atom. The van der Waals surface area contributed by atoms with Gasteiger partial charge in [0, 0.05) is 11.5 Å². The van der Waals surface area contributed by atoms with Gasteiger partial charge in [-0.25, -0.2) is 0 Å². The molecule has 0 saturated carbocycles. The van der Waals surface area contributed by atoms with E-state index in [-0.39, 0.29) is 5.75 Å². The van der Waals surface area contributed by atoms with Crippen molar-refractivity contribution in [1.82, 2.24) is 0 Å². The summed E-state index contributed by atoms with van der Waals surface area (Å²) < 4.78 is 11.4. The number of hydrogen-bond acceptors (Lipinski definition) is 3. The minimum Gasteiger partial charge on any atom is -0.508 e. The number of phenols is 1. The fourth-order valence-electron chi connectivity index (χ4n) is 2.83. The highest BCUT2D eigenvalue weighted by atomic mass is 16.5. The molecule has 1 N–H and O–H groups in total. The molecule has 0 aliphatic heterocycles. The predicted molar refractivity (Wildman–Crippen MR) is 93.1 cm³/mol.